The van der Waals surface area contributed by atoms with Crippen molar-refractivity contribution in [2.45, 2.75) is 26.2 Å². The van der Waals surface area contributed by atoms with Gasteiger partial charge in [0.25, 0.3) is 5.88 Å². The number of aromatic hydroxyl groups is 1. The lowest BCUT2D eigenvalue weighted by atomic mass is 10.1. The van der Waals surface area contributed by atoms with Crippen molar-refractivity contribution in [1.29, 1.82) is 0 Å². The Morgan fingerprint density at radius 3 is 2.56 bits per heavy atom. The maximum Gasteiger partial charge on any atom is 0.395 e. The van der Waals surface area contributed by atoms with Crippen molar-refractivity contribution < 1.29 is 15.5 Å². The maximum atomic E-state index is 11.2. The van der Waals surface area contributed by atoms with Crippen LogP contribution in [0.15, 0.2) is 4.79 Å². The van der Waals surface area contributed by atoms with Gasteiger partial charge in [-0.05, 0) is 6.42 Å². The second-order valence-electron chi connectivity index (χ2n) is 3.19. The maximum absolute atomic E-state index is 11.2. The molecule has 0 saturated carbocycles. The lowest BCUT2D eigenvalue weighted by Crippen LogP contribution is -2.16. The summed E-state index contributed by atoms with van der Waals surface area (Å²) in [5, 5.41) is 19.6. The molecule has 0 aliphatic carbocycles. The fraction of sp³-hybridized carbons (Fsp3) is 0.500. The highest BCUT2D eigenvalue weighted by atomic mass is 16.6. The molecule has 0 bridgehead atoms. The second kappa shape index (κ2) is 5.21. The summed E-state index contributed by atoms with van der Waals surface area (Å²) >= 11 is 0. The number of aromatic amines is 1. The zero-order chi connectivity index (χ0) is 11.6. The molecule has 0 amide bonds. The third kappa shape index (κ3) is 2.54. The molecule has 0 saturated heterocycles. The third-order valence-electron chi connectivity index (χ3n) is 2.16. The Morgan fingerprint density at radius 2 is 2.19 bits per heavy atom. The van der Waals surface area contributed by atoms with E-state index in [9.17, 15) is 20.0 Å². The summed E-state index contributed by atoms with van der Waals surface area (Å²) in [7, 11) is 0. The lowest BCUT2D eigenvalue weighted by molar-refractivity contribution is -0.387. The summed E-state index contributed by atoms with van der Waals surface area (Å²) in [5.74, 6) is -0.644. The Hall–Kier alpha value is -1.96. The summed E-state index contributed by atoms with van der Waals surface area (Å²) < 4.78 is 0. The minimum atomic E-state index is -0.957. The first kappa shape index (κ1) is 14.0. The highest BCUT2D eigenvalue weighted by Gasteiger charge is 2.22. The van der Waals surface area contributed by atoms with Crippen molar-refractivity contribution in [2.24, 2.45) is 0 Å². The number of H-pyrrole nitrogens is 1. The molecule has 8 heteroatoms. The van der Waals surface area contributed by atoms with Gasteiger partial charge in [0.1, 0.15) is 5.82 Å². The summed E-state index contributed by atoms with van der Waals surface area (Å²) in [6, 6.07) is 0. The van der Waals surface area contributed by atoms with Gasteiger partial charge in [-0.25, -0.2) is 0 Å². The minimum Gasteiger partial charge on any atom is -0.488 e. The topological polar surface area (TPSA) is 141 Å². The SMILES string of the molecule is CCC(C)c1nc(O)c([N+](=O)[O-])c(=O)[nH]1.O. The minimum absolute atomic E-state index is 0. The molecule has 1 aromatic rings. The standard InChI is InChI=1S/C8H11N3O4.H2O/c1-3-4(2)6-9-7(12)5(11(14)15)8(13)10-6;/h4H,3H2,1-2H3,(H2,9,10,12,13);1H2. The highest BCUT2D eigenvalue weighted by molar-refractivity contribution is 5.37. The van der Waals surface area contributed by atoms with Crippen LogP contribution in [0.2, 0.25) is 0 Å². The molecule has 90 valence electrons. The largest absolute Gasteiger partial charge is 0.488 e. The summed E-state index contributed by atoms with van der Waals surface area (Å²) in [6.45, 7) is 3.67. The predicted molar refractivity (Wildman–Crippen MR) is 55.5 cm³/mol. The molecule has 0 aromatic carbocycles. The average Bonchev–Trinajstić information content (AvgIpc) is 2.14. The summed E-state index contributed by atoms with van der Waals surface area (Å²) in [6.07, 6.45) is 0.709. The smallest absolute Gasteiger partial charge is 0.395 e. The van der Waals surface area contributed by atoms with Crippen LogP contribution in [0.4, 0.5) is 5.69 Å². The Bertz CT molecular complexity index is 442. The van der Waals surface area contributed by atoms with Crippen molar-refractivity contribution in [3.8, 4) is 5.88 Å². The van der Waals surface area contributed by atoms with Gasteiger partial charge >= 0.3 is 11.2 Å². The van der Waals surface area contributed by atoms with Crippen molar-refractivity contribution in [1.82, 2.24) is 9.97 Å². The van der Waals surface area contributed by atoms with E-state index in [1.165, 1.54) is 0 Å². The van der Waals surface area contributed by atoms with E-state index in [-0.39, 0.29) is 17.2 Å². The molecule has 0 spiro atoms. The number of nitrogens with one attached hydrogen (secondary N) is 1. The molecule has 1 unspecified atom stereocenters. The van der Waals surface area contributed by atoms with Crippen LogP contribution in [-0.2, 0) is 0 Å². The van der Waals surface area contributed by atoms with E-state index in [4.69, 9.17) is 0 Å². The first-order valence-corrected chi connectivity index (χ1v) is 4.45. The Labute approximate surface area is 90.4 Å². The number of hydrogen-bond acceptors (Lipinski definition) is 5. The first-order chi connectivity index (χ1) is 6.97. The molecule has 0 aliphatic heterocycles. The molecule has 0 radical (unpaired) electrons. The Morgan fingerprint density at radius 1 is 1.62 bits per heavy atom. The zero-order valence-corrected chi connectivity index (χ0v) is 8.85. The number of nitro groups is 1. The summed E-state index contributed by atoms with van der Waals surface area (Å²) in [4.78, 5) is 26.5. The van der Waals surface area contributed by atoms with Gasteiger partial charge < -0.3 is 15.6 Å². The normalized spacial score (nSPS) is 11.6. The van der Waals surface area contributed by atoms with Crippen LogP contribution in [0.25, 0.3) is 0 Å². The highest BCUT2D eigenvalue weighted by Crippen LogP contribution is 2.20. The van der Waals surface area contributed by atoms with E-state index in [0.717, 1.165) is 0 Å². The molecule has 8 nitrogen and oxygen atoms in total. The van der Waals surface area contributed by atoms with Gasteiger partial charge in [-0.3, -0.25) is 14.9 Å². The molecular weight excluding hydrogens is 218 g/mol. The monoisotopic (exact) mass is 231 g/mol. The Balaban J connectivity index is 0.00000225. The fourth-order valence-corrected chi connectivity index (χ4v) is 1.06. The van der Waals surface area contributed by atoms with Crippen LogP contribution in [0.3, 0.4) is 0 Å². The number of hydrogen-bond donors (Lipinski definition) is 2. The zero-order valence-electron chi connectivity index (χ0n) is 8.85. The molecule has 0 aliphatic rings. The van der Waals surface area contributed by atoms with Crippen LogP contribution in [0, 0.1) is 10.1 Å². The van der Waals surface area contributed by atoms with Crippen LogP contribution in [0.5, 0.6) is 5.88 Å². The van der Waals surface area contributed by atoms with Gasteiger partial charge in [-0.15, -0.1) is 0 Å². The fourth-order valence-electron chi connectivity index (χ4n) is 1.06. The third-order valence-corrected chi connectivity index (χ3v) is 2.16. The molecule has 1 atom stereocenters. The van der Waals surface area contributed by atoms with Gasteiger partial charge in [-0.1, -0.05) is 13.8 Å². The number of nitrogens with zero attached hydrogens (tertiary/aromatic N) is 2. The molecule has 1 aromatic heterocycles. The quantitative estimate of drug-likeness (QED) is 0.559. The van der Waals surface area contributed by atoms with Crippen molar-refractivity contribution in [2.75, 3.05) is 0 Å². The van der Waals surface area contributed by atoms with E-state index in [2.05, 4.69) is 9.97 Å². The average molecular weight is 231 g/mol. The van der Waals surface area contributed by atoms with Crippen molar-refractivity contribution in [3.63, 3.8) is 0 Å². The van der Waals surface area contributed by atoms with E-state index in [1.807, 2.05) is 6.92 Å². The molecule has 1 heterocycles. The van der Waals surface area contributed by atoms with E-state index in [1.54, 1.807) is 6.92 Å². The van der Waals surface area contributed by atoms with Gasteiger partial charge in [0.15, 0.2) is 0 Å². The Kier molecular flexibility index (Phi) is 4.58. The predicted octanol–water partition coefficient (Wildman–Crippen LogP) is 0.0725. The molecule has 0 fully saturated rings. The lowest BCUT2D eigenvalue weighted by Gasteiger charge is -2.06. The molecular formula is C8H13N3O5. The molecule has 16 heavy (non-hydrogen) atoms. The molecule has 1 rings (SSSR count). The van der Waals surface area contributed by atoms with E-state index < -0.39 is 22.0 Å². The van der Waals surface area contributed by atoms with Crippen molar-refractivity contribution in [3.05, 3.63) is 26.3 Å². The van der Waals surface area contributed by atoms with Crippen LogP contribution >= 0.6 is 0 Å². The second-order valence-corrected chi connectivity index (χ2v) is 3.19. The molecule has 4 N–H and O–H groups in total. The summed E-state index contributed by atoms with van der Waals surface area (Å²) in [5.41, 5.74) is -1.84. The van der Waals surface area contributed by atoms with Gasteiger partial charge in [-0.2, -0.15) is 4.98 Å². The first-order valence-electron chi connectivity index (χ1n) is 4.45. The van der Waals surface area contributed by atoms with Crippen molar-refractivity contribution >= 4 is 5.69 Å². The van der Waals surface area contributed by atoms with E-state index in [0.29, 0.717) is 6.42 Å². The van der Waals surface area contributed by atoms with Crippen LogP contribution < -0.4 is 5.56 Å². The van der Waals surface area contributed by atoms with Gasteiger partial charge in [0.05, 0.1) is 4.92 Å². The van der Waals surface area contributed by atoms with Crippen LogP contribution in [0.1, 0.15) is 32.0 Å². The van der Waals surface area contributed by atoms with Gasteiger partial charge in [0, 0.05) is 5.92 Å². The number of aromatic nitrogens is 2. The number of rotatable bonds is 3. The van der Waals surface area contributed by atoms with E-state index >= 15 is 0 Å². The van der Waals surface area contributed by atoms with Crippen LogP contribution in [-0.4, -0.2) is 25.5 Å². The van der Waals surface area contributed by atoms with Gasteiger partial charge in [0.2, 0.25) is 0 Å².